The summed E-state index contributed by atoms with van der Waals surface area (Å²) in [6.07, 6.45) is 5.08. The third-order valence-corrected chi connectivity index (χ3v) is 4.26. The third kappa shape index (κ3) is 3.63. The topological polar surface area (TPSA) is 71.1 Å². The van der Waals surface area contributed by atoms with Crippen molar-refractivity contribution in [2.75, 3.05) is 19.6 Å². The molecule has 2 rings (SSSR count). The van der Waals surface area contributed by atoms with Gasteiger partial charge in [0.1, 0.15) is 0 Å². The minimum atomic E-state index is -3.48. The van der Waals surface area contributed by atoms with E-state index in [2.05, 4.69) is 21.6 Å². The molecule has 0 fully saturated rings. The van der Waals surface area contributed by atoms with E-state index in [9.17, 15) is 8.42 Å². The van der Waals surface area contributed by atoms with Crippen molar-refractivity contribution >= 4 is 20.8 Å². The van der Waals surface area contributed by atoms with Crippen LogP contribution in [0.1, 0.15) is 0 Å². The van der Waals surface area contributed by atoms with Crippen molar-refractivity contribution in [2.45, 2.75) is 4.90 Å². The summed E-state index contributed by atoms with van der Waals surface area (Å²) in [5.74, 6) is 0. The lowest BCUT2D eigenvalue weighted by atomic mass is 10.2. The smallest absolute Gasteiger partial charge is 0.240 e. The number of rotatable bonds is 7. The van der Waals surface area contributed by atoms with Gasteiger partial charge in [-0.1, -0.05) is 12.1 Å². The van der Waals surface area contributed by atoms with Crippen molar-refractivity contribution in [3.8, 4) is 0 Å². The zero-order valence-electron chi connectivity index (χ0n) is 11.0. The highest BCUT2D eigenvalue weighted by Gasteiger charge is 2.13. The summed E-state index contributed by atoms with van der Waals surface area (Å²) in [6, 6.07) is 6.78. The average molecular weight is 291 g/mol. The van der Waals surface area contributed by atoms with Crippen LogP contribution in [-0.2, 0) is 10.0 Å². The Bertz CT molecular complexity index is 698. The molecular formula is C14H17N3O2S. The van der Waals surface area contributed by atoms with Gasteiger partial charge in [-0.15, -0.1) is 6.58 Å². The molecule has 5 nitrogen and oxygen atoms in total. The van der Waals surface area contributed by atoms with Crippen LogP contribution in [0.3, 0.4) is 0 Å². The molecule has 0 aliphatic rings. The number of aromatic nitrogens is 1. The summed E-state index contributed by atoms with van der Waals surface area (Å²) < 4.78 is 26.8. The van der Waals surface area contributed by atoms with Crippen LogP contribution in [-0.4, -0.2) is 33.0 Å². The van der Waals surface area contributed by atoms with Gasteiger partial charge in [-0.3, -0.25) is 4.98 Å². The maximum atomic E-state index is 12.1. The van der Waals surface area contributed by atoms with Crippen LogP contribution in [0.4, 0.5) is 0 Å². The number of fused-ring (bicyclic) bond motifs is 1. The van der Waals surface area contributed by atoms with Crippen molar-refractivity contribution in [3.63, 3.8) is 0 Å². The van der Waals surface area contributed by atoms with Gasteiger partial charge in [0.05, 0.1) is 4.90 Å². The highest BCUT2D eigenvalue weighted by Crippen LogP contribution is 2.17. The largest absolute Gasteiger partial charge is 0.312 e. The van der Waals surface area contributed by atoms with Crippen LogP contribution >= 0.6 is 0 Å². The SMILES string of the molecule is C=CCNCCNS(=O)(=O)c1ccc2cnccc2c1. The molecule has 6 heteroatoms. The molecule has 106 valence electrons. The van der Waals surface area contributed by atoms with E-state index >= 15 is 0 Å². The van der Waals surface area contributed by atoms with E-state index in [-0.39, 0.29) is 4.90 Å². The third-order valence-electron chi connectivity index (χ3n) is 2.80. The van der Waals surface area contributed by atoms with Crippen molar-refractivity contribution in [3.05, 3.63) is 49.3 Å². The minimum absolute atomic E-state index is 0.264. The Hall–Kier alpha value is -1.76. The Morgan fingerprint density at radius 2 is 2.05 bits per heavy atom. The summed E-state index contributed by atoms with van der Waals surface area (Å²) in [5.41, 5.74) is 0. The lowest BCUT2D eigenvalue weighted by molar-refractivity contribution is 0.578. The highest BCUT2D eigenvalue weighted by molar-refractivity contribution is 7.89. The number of hydrogen-bond donors (Lipinski definition) is 2. The molecule has 0 aliphatic heterocycles. The number of sulfonamides is 1. The highest BCUT2D eigenvalue weighted by atomic mass is 32.2. The first kappa shape index (κ1) is 14.6. The minimum Gasteiger partial charge on any atom is -0.312 e. The van der Waals surface area contributed by atoms with Crippen molar-refractivity contribution < 1.29 is 8.42 Å². The number of hydrogen-bond acceptors (Lipinski definition) is 4. The van der Waals surface area contributed by atoms with E-state index in [1.54, 1.807) is 42.7 Å². The normalized spacial score (nSPS) is 11.6. The Morgan fingerprint density at radius 3 is 2.85 bits per heavy atom. The Morgan fingerprint density at radius 1 is 1.20 bits per heavy atom. The quantitative estimate of drug-likeness (QED) is 0.595. The molecule has 0 saturated heterocycles. The zero-order chi connectivity index (χ0) is 14.4. The lowest BCUT2D eigenvalue weighted by Crippen LogP contribution is -2.31. The van der Waals surface area contributed by atoms with Crippen LogP contribution < -0.4 is 10.0 Å². The molecule has 0 spiro atoms. The summed E-state index contributed by atoms with van der Waals surface area (Å²) in [5, 5.41) is 4.81. The molecule has 20 heavy (non-hydrogen) atoms. The summed E-state index contributed by atoms with van der Waals surface area (Å²) in [7, 11) is -3.48. The van der Waals surface area contributed by atoms with Gasteiger partial charge in [-0.05, 0) is 23.6 Å². The van der Waals surface area contributed by atoms with Crippen molar-refractivity contribution in [1.29, 1.82) is 0 Å². The molecule has 0 saturated carbocycles. The maximum absolute atomic E-state index is 12.1. The second-order valence-electron chi connectivity index (χ2n) is 4.28. The fourth-order valence-electron chi connectivity index (χ4n) is 1.79. The lowest BCUT2D eigenvalue weighted by Gasteiger charge is -2.08. The Kier molecular flexibility index (Phi) is 4.84. The van der Waals surface area contributed by atoms with Gasteiger partial charge in [-0.2, -0.15) is 0 Å². The fraction of sp³-hybridized carbons (Fsp3) is 0.214. The molecule has 0 atom stereocenters. The van der Waals surface area contributed by atoms with Crippen LogP contribution in [0.2, 0.25) is 0 Å². The number of benzene rings is 1. The summed E-state index contributed by atoms with van der Waals surface area (Å²) in [4.78, 5) is 4.27. The number of nitrogens with one attached hydrogen (secondary N) is 2. The molecule has 0 bridgehead atoms. The van der Waals surface area contributed by atoms with Gasteiger partial charge >= 0.3 is 0 Å². The number of pyridine rings is 1. The molecule has 2 N–H and O–H groups in total. The van der Waals surface area contributed by atoms with E-state index in [0.717, 1.165) is 10.8 Å². The van der Waals surface area contributed by atoms with Crippen LogP contribution in [0.15, 0.2) is 54.2 Å². The maximum Gasteiger partial charge on any atom is 0.240 e. The van der Waals surface area contributed by atoms with Gasteiger partial charge in [0.25, 0.3) is 0 Å². The van der Waals surface area contributed by atoms with E-state index in [1.165, 1.54) is 0 Å². The Labute approximate surface area is 118 Å². The van der Waals surface area contributed by atoms with Gasteiger partial charge in [0, 0.05) is 37.4 Å². The molecule has 1 aromatic heterocycles. The predicted octanol–water partition coefficient (Wildman–Crippen LogP) is 1.29. The first-order valence-corrected chi connectivity index (χ1v) is 7.77. The second-order valence-corrected chi connectivity index (χ2v) is 6.04. The average Bonchev–Trinajstić information content (AvgIpc) is 2.46. The van der Waals surface area contributed by atoms with E-state index in [1.807, 2.05) is 0 Å². The fourth-order valence-corrected chi connectivity index (χ4v) is 2.86. The van der Waals surface area contributed by atoms with Gasteiger partial charge < -0.3 is 5.32 Å². The molecule has 0 unspecified atom stereocenters. The summed E-state index contributed by atoms with van der Waals surface area (Å²) >= 11 is 0. The number of nitrogens with zero attached hydrogens (tertiary/aromatic N) is 1. The van der Waals surface area contributed by atoms with Gasteiger partial charge in [0.15, 0.2) is 0 Å². The van der Waals surface area contributed by atoms with Crippen molar-refractivity contribution in [2.24, 2.45) is 0 Å². The Balaban J connectivity index is 2.09. The molecular weight excluding hydrogens is 274 g/mol. The molecule has 2 aromatic rings. The first-order chi connectivity index (χ1) is 9.63. The van der Waals surface area contributed by atoms with Gasteiger partial charge in [0.2, 0.25) is 10.0 Å². The molecule has 1 aromatic carbocycles. The molecule has 1 heterocycles. The van der Waals surface area contributed by atoms with Crippen LogP contribution in [0.5, 0.6) is 0 Å². The standard InChI is InChI=1S/C14H17N3O2S/c1-2-6-15-8-9-17-20(18,19)14-4-3-13-11-16-7-5-12(13)10-14/h2-5,7,10-11,15,17H,1,6,8-9H2. The summed E-state index contributed by atoms with van der Waals surface area (Å²) in [6.45, 7) is 5.13. The van der Waals surface area contributed by atoms with Gasteiger partial charge in [-0.25, -0.2) is 13.1 Å². The molecule has 0 aliphatic carbocycles. The molecule has 0 amide bonds. The first-order valence-electron chi connectivity index (χ1n) is 6.28. The zero-order valence-corrected chi connectivity index (χ0v) is 11.9. The van der Waals surface area contributed by atoms with Crippen LogP contribution in [0.25, 0.3) is 10.8 Å². The second kappa shape index (κ2) is 6.60. The molecule has 0 radical (unpaired) electrons. The monoisotopic (exact) mass is 291 g/mol. The van der Waals surface area contributed by atoms with E-state index in [4.69, 9.17) is 0 Å². The van der Waals surface area contributed by atoms with Crippen molar-refractivity contribution in [1.82, 2.24) is 15.0 Å². The van der Waals surface area contributed by atoms with E-state index in [0.29, 0.717) is 19.6 Å². The van der Waals surface area contributed by atoms with E-state index < -0.39 is 10.0 Å². The van der Waals surface area contributed by atoms with Crippen LogP contribution in [0, 0.1) is 0 Å². The predicted molar refractivity (Wildman–Crippen MR) is 80.0 cm³/mol.